The van der Waals surface area contributed by atoms with Crippen LogP contribution in [0.15, 0.2) is 0 Å². The van der Waals surface area contributed by atoms with Crippen molar-refractivity contribution in [3.05, 3.63) is 0 Å². The van der Waals surface area contributed by atoms with E-state index in [0.717, 1.165) is 0 Å². The van der Waals surface area contributed by atoms with Gasteiger partial charge in [-0.05, 0) is 0 Å². The summed E-state index contributed by atoms with van der Waals surface area (Å²) in [7, 11) is 0. The molecule has 8 saturated heterocycles. The Morgan fingerprint density at radius 2 is 0.393 bits per heavy atom. The Hall–Kier alpha value is -1.64. The van der Waals surface area contributed by atoms with E-state index in [1.54, 1.807) is 0 Å². The summed E-state index contributed by atoms with van der Waals surface area (Å²) in [5.74, 6) is 0. The normalized spacial score (nSPS) is 53.6. The van der Waals surface area contributed by atoms with Gasteiger partial charge in [0.05, 0.1) is 52.9 Å². The molecule has 0 saturated carbocycles. The molecule has 520 valence electrons. The quantitative estimate of drug-likeness (QED) is 0.0479. The van der Waals surface area contributed by atoms with Gasteiger partial charge >= 0.3 is 0 Å². The van der Waals surface area contributed by atoms with Crippen LogP contribution in [-0.2, 0) is 71.1 Å². The van der Waals surface area contributed by atoms with Gasteiger partial charge in [-0.1, -0.05) is 0 Å². The zero-order valence-corrected chi connectivity index (χ0v) is 46.5. The lowest BCUT2D eigenvalue weighted by Gasteiger charge is -2.50. The fourth-order valence-electron chi connectivity index (χ4n) is 11.4. The second-order valence-electron chi connectivity index (χ2n) is 22.4. The maximum atomic E-state index is 11.8. The standard InChI is InChI=1S/C48H82O41/c49-1-9-17(56)19(58)28(67)43(77-9)85-37-13(5-53)81-46(32(71)23(37)62)87-36-12(4-52)79-42(30(69)22(36)61)75-8-16-40(89-47-33(72)25(64)38(14(6-54)82-47)86-44-29(68)20(59)18(57)10(2-50)78-44)26(65)34(73)48(83-16)88-39-15(7-55)80-45(31(70)24(39)63)84-35-11(3-51)76-41(74)27(66)21(35)60/h9-74H,1-8H2/t9-,10-,11-,12-,13-,14-,15-,16-,17-,18-,19+,20+,21-,22-,23-,24-,25-,26-,27-,28-,29-,30-,31-,32-,33-,34-,35-,36-,37-,38-,39-,40-,41?,42+,43-,44-,45-,46-,47-,48-/m1/s1. The molecular weight excluding hydrogens is 1230 g/mol. The van der Waals surface area contributed by atoms with Gasteiger partial charge in [0.25, 0.3) is 0 Å². The minimum Gasteiger partial charge on any atom is -0.394 e. The van der Waals surface area contributed by atoms with Gasteiger partial charge in [0.2, 0.25) is 0 Å². The van der Waals surface area contributed by atoms with Crippen LogP contribution in [0.4, 0.5) is 0 Å². The Morgan fingerprint density at radius 3 is 0.674 bits per heavy atom. The lowest BCUT2D eigenvalue weighted by Crippen LogP contribution is -2.68. The molecule has 1 unspecified atom stereocenters. The van der Waals surface area contributed by atoms with Crippen molar-refractivity contribution >= 4 is 0 Å². The number of ether oxygens (including phenoxy) is 15. The van der Waals surface area contributed by atoms with E-state index in [9.17, 15) is 133 Å². The average molecular weight is 1320 g/mol. The molecule has 41 nitrogen and oxygen atoms in total. The largest absolute Gasteiger partial charge is 0.394 e. The summed E-state index contributed by atoms with van der Waals surface area (Å²) < 4.78 is 84.2. The molecule has 0 aliphatic carbocycles. The van der Waals surface area contributed by atoms with Crippen LogP contribution in [0.5, 0.6) is 0 Å². The van der Waals surface area contributed by atoms with Gasteiger partial charge in [0.15, 0.2) is 50.3 Å². The molecule has 0 bridgehead atoms. The lowest BCUT2D eigenvalue weighted by molar-refractivity contribution is -0.397. The molecule has 0 aromatic heterocycles. The van der Waals surface area contributed by atoms with E-state index in [-0.39, 0.29) is 0 Å². The summed E-state index contributed by atoms with van der Waals surface area (Å²) in [5.41, 5.74) is 0. The number of aliphatic hydroxyl groups is 26. The third kappa shape index (κ3) is 15.2. The highest BCUT2D eigenvalue weighted by Gasteiger charge is 2.59. The van der Waals surface area contributed by atoms with Gasteiger partial charge in [0, 0.05) is 0 Å². The van der Waals surface area contributed by atoms with E-state index in [1.807, 2.05) is 0 Å². The van der Waals surface area contributed by atoms with Crippen molar-refractivity contribution in [2.45, 2.75) is 246 Å². The lowest BCUT2D eigenvalue weighted by atomic mass is 9.95. The predicted octanol–water partition coefficient (Wildman–Crippen LogP) is -18.5. The van der Waals surface area contributed by atoms with E-state index in [2.05, 4.69) is 0 Å². The van der Waals surface area contributed by atoms with Crippen LogP contribution in [0.2, 0.25) is 0 Å². The first kappa shape index (κ1) is 73.2. The smallest absolute Gasteiger partial charge is 0.187 e. The van der Waals surface area contributed by atoms with E-state index < -0.39 is 299 Å². The fourth-order valence-corrected chi connectivity index (χ4v) is 11.4. The zero-order valence-electron chi connectivity index (χ0n) is 46.5. The monoisotopic (exact) mass is 1310 g/mol. The van der Waals surface area contributed by atoms with Crippen molar-refractivity contribution in [3.8, 4) is 0 Å². The van der Waals surface area contributed by atoms with Crippen molar-refractivity contribution in [3.63, 3.8) is 0 Å². The SMILES string of the molecule is OC[C@H]1O[C@H](O[C@H]2[C@H](O)[C@@H](O)[C@@H](O[C@H]3[C@H](O)[C@@H](O)[C@@H](OC[C@H]4O[C@H](O[C@H]5[C@H](O)[C@@H](O)[C@@H](O[C@H]6[C@H](O)[C@@H](O)C(O)O[C@@H]6CO)O[C@@H]5CO)[C@H](O)[C@@H](O)[C@@H]4O[C@H]4O[C@H](CO)[C@@H](O[C@H]5O[C@H](CO)[C@@H](O)[C@H](O)[C@H]5O)[C@H](O)[C@H]4O)O[C@@H]3CO)O[C@@H]2CO)[C@H](O)[C@@H](O)[C@@H]1O. The Kier molecular flexibility index (Phi) is 25.9. The maximum Gasteiger partial charge on any atom is 0.187 e. The summed E-state index contributed by atoms with van der Waals surface area (Å²) in [6.07, 6.45) is -80.0. The third-order valence-electron chi connectivity index (χ3n) is 16.6. The number of hydrogen-bond acceptors (Lipinski definition) is 41. The molecule has 8 aliphatic rings. The highest BCUT2D eigenvalue weighted by atomic mass is 16.8. The summed E-state index contributed by atoms with van der Waals surface area (Å²) >= 11 is 0. The summed E-state index contributed by atoms with van der Waals surface area (Å²) in [6.45, 7) is -8.13. The van der Waals surface area contributed by atoms with Crippen LogP contribution < -0.4 is 0 Å². The number of hydrogen-bond donors (Lipinski definition) is 26. The van der Waals surface area contributed by atoms with Crippen LogP contribution in [0.3, 0.4) is 0 Å². The molecule has 0 spiro atoms. The molecular formula is C48H82O41. The number of rotatable bonds is 22. The van der Waals surface area contributed by atoms with E-state index >= 15 is 0 Å². The first-order chi connectivity index (χ1) is 42.2. The molecule has 8 rings (SSSR count). The molecule has 41 heteroatoms. The highest BCUT2D eigenvalue weighted by molar-refractivity contribution is 5.01. The third-order valence-corrected chi connectivity index (χ3v) is 16.6. The minimum absolute atomic E-state index is 0.874. The molecule has 0 amide bonds. The maximum absolute atomic E-state index is 11.8. The molecule has 0 aromatic carbocycles. The minimum atomic E-state index is -2.38. The second kappa shape index (κ2) is 31.5. The average Bonchev–Trinajstić information content (AvgIpc) is 1.08. The highest BCUT2D eigenvalue weighted by Crippen LogP contribution is 2.38. The van der Waals surface area contributed by atoms with Crippen LogP contribution in [0, 0.1) is 0 Å². The van der Waals surface area contributed by atoms with Gasteiger partial charge in [0.1, 0.15) is 195 Å². The Bertz CT molecular complexity index is 2120. The van der Waals surface area contributed by atoms with Gasteiger partial charge in [-0.2, -0.15) is 0 Å². The molecule has 89 heavy (non-hydrogen) atoms. The van der Waals surface area contributed by atoms with Gasteiger partial charge in [-0.15, -0.1) is 0 Å². The van der Waals surface area contributed by atoms with Crippen molar-refractivity contribution in [1.82, 2.24) is 0 Å². The van der Waals surface area contributed by atoms with Crippen LogP contribution in [0.1, 0.15) is 0 Å². The van der Waals surface area contributed by atoms with E-state index in [0.29, 0.717) is 0 Å². The Morgan fingerprint density at radius 1 is 0.191 bits per heavy atom. The molecule has 0 radical (unpaired) electrons. The first-order valence-corrected chi connectivity index (χ1v) is 28.2. The van der Waals surface area contributed by atoms with Crippen molar-refractivity contribution in [2.75, 3.05) is 52.9 Å². The van der Waals surface area contributed by atoms with E-state index in [1.165, 1.54) is 0 Å². The fraction of sp³-hybridized carbons (Fsp3) is 1.00. The second-order valence-corrected chi connectivity index (χ2v) is 22.4. The zero-order chi connectivity index (χ0) is 65.4. The van der Waals surface area contributed by atoms with E-state index in [4.69, 9.17) is 71.1 Å². The van der Waals surface area contributed by atoms with Gasteiger partial charge in [-0.3, -0.25) is 0 Å². The first-order valence-electron chi connectivity index (χ1n) is 28.2. The molecule has 0 aromatic rings. The summed E-state index contributed by atoms with van der Waals surface area (Å²) in [5, 5.41) is 278. The van der Waals surface area contributed by atoms with Gasteiger partial charge in [-0.25, -0.2) is 0 Å². The topological polar surface area (TPSA) is 664 Å². The van der Waals surface area contributed by atoms with Crippen molar-refractivity contribution < 1.29 is 204 Å². The molecule has 40 atom stereocenters. The number of aliphatic hydroxyl groups excluding tert-OH is 26. The summed E-state index contributed by atoms with van der Waals surface area (Å²) in [6, 6.07) is 0. The van der Waals surface area contributed by atoms with Crippen LogP contribution in [0.25, 0.3) is 0 Å². The van der Waals surface area contributed by atoms with Crippen LogP contribution in [-0.4, -0.2) is 431 Å². The van der Waals surface area contributed by atoms with Crippen molar-refractivity contribution in [1.29, 1.82) is 0 Å². The van der Waals surface area contributed by atoms with Gasteiger partial charge < -0.3 is 204 Å². The van der Waals surface area contributed by atoms with Crippen LogP contribution >= 0.6 is 0 Å². The molecule has 26 N–H and O–H groups in total. The molecule has 8 fully saturated rings. The Labute approximate surface area is 501 Å². The Balaban J connectivity index is 0.989. The molecule has 8 heterocycles. The van der Waals surface area contributed by atoms with Crippen molar-refractivity contribution in [2.24, 2.45) is 0 Å². The predicted molar refractivity (Wildman–Crippen MR) is 264 cm³/mol. The molecule has 8 aliphatic heterocycles. The summed E-state index contributed by atoms with van der Waals surface area (Å²) in [4.78, 5) is 0.